The molecule has 25 heavy (non-hydrogen) atoms. The predicted octanol–water partition coefficient (Wildman–Crippen LogP) is 3.61. The molecule has 1 aliphatic heterocycles. The number of carbonyl (C=O) groups is 1. The summed E-state index contributed by atoms with van der Waals surface area (Å²) in [5.41, 5.74) is 8.31. The quantitative estimate of drug-likeness (QED) is 0.762. The highest BCUT2D eigenvalue weighted by atomic mass is 16.7. The van der Waals surface area contributed by atoms with Gasteiger partial charge in [-0.25, -0.2) is 0 Å². The molecular formula is C19H16N2O4. The van der Waals surface area contributed by atoms with Gasteiger partial charge >= 0.3 is 0 Å². The third-order valence-corrected chi connectivity index (χ3v) is 4.01. The third-order valence-electron chi connectivity index (χ3n) is 4.01. The zero-order valence-electron chi connectivity index (χ0n) is 13.5. The Kier molecular flexibility index (Phi) is 3.57. The van der Waals surface area contributed by atoms with Crippen LogP contribution in [-0.2, 0) is 0 Å². The fourth-order valence-corrected chi connectivity index (χ4v) is 2.77. The van der Waals surface area contributed by atoms with Crippen molar-refractivity contribution in [2.24, 2.45) is 5.73 Å². The van der Waals surface area contributed by atoms with E-state index in [9.17, 15) is 4.79 Å². The van der Waals surface area contributed by atoms with Gasteiger partial charge in [0.05, 0.1) is 5.56 Å². The summed E-state index contributed by atoms with van der Waals surface area (Å²) in [5.74, 6) is 2.25. The SMILES string of the molecule is Cc1[nH]c(-c2cccc(Oc3ccc4c(c3)OCO4)c2)cc1C(N)=O. The van der Waals surface area contributed by atoms with Crippen molar-refractivity contribution in [1.29, 1.82) is 0 Å². The first-order chi connectivity index (χ1) is 12.1. The molecule has 4 rings (SSSR count). The minimum absolute atomic E-state index is 0.225. The molecular weight excluding hydrogens is 320 g/mol. The summed E-state index contributed by atoms with van der Waals surface area (Å²) in [7, 11) is 0. The fraction of sp³-hybridized carbons (Fsp3) is 0.105. The molecule has 0 saturated heterocycles. The van der Waals surface area contributed by atoms with Crippen LogP contribution in [0.4, 0.5) is 0 Å². The van der Waals surface area contributed by atoms with Crippen molar-refractivity contribution in [3.8, 4) is 34.3 Å². The number of fused-ring (bicyclic) bond motifs is 1. The second kappa shape index (κ2) is 5.90. The van der Waals surface area contributed by atoms with E-state index in [4.69, 9.17) is 19.9 Å². The largest absolute Gasteiger partial charge is 0.457 e. The van der Waals surface area contributed by atoms with Gasteiger partial charge in [0.15, 0.2) is 11.5 Å². The van der Waals surface area contributed by atoms with E-state index in [-0.39, 0.29) is 6.79 Å². The maximum absolute atomic E-state index is 11.4. The van der Waals surface area contributed by atoms with Crippen LogP contribution in [0, 0.1) is 6.92 Å². The second-order valence-electron chi connectivity index (χ2n) is 5.73. The highest BCUT2D eigenvalue weighted by Crippen LogP contribution is 2.37. The van der Waals surface area contributed by atoms with Gasteiger partial charge in [0.25, 0.3) is 5.91 Å². The second-order valence-corrected chi connectivity index (χ2v) is 5.73. The maximum atomic E-state index is 11.4. The number of rotatable bonds is 4. The van der Waals surface area contributed by atoms with Crippen LogP contribution in [-0.4, -0.2) is 17.7 Å². The van der Waals surface area contributed by atoms with Crippen LogP contribution >= 0.6 is 0 Å². The van der Waals surface area contributed by atoms with Gasteiger partial charge in [-0.2, -0.15) is 0 Å². The normalized spacial score (nSPS) is 12.2. The first-order valence-corrected chi connectivity index (χ1v) is 7.77. The van der Waals surface area contributed by atoms with Gasteiger partial charge in [-0.05, 0) is 37.3 Å². The van der Waals surface area contributed by atoms with E-state index in [1.807, 2.05) is 43.3 Å². The van der Waals surface area contributed by atoms with E-state index in [1.165, 1.54) is 0 Å². The molecule has 0 radical (unpaired) electrons. The van der Waals surface area contributed by atoms with Gasteiger partial charge in [0.2, 0.25) is 6.79 Å². The van der Waals surface area contributed by atoms with E-state index >= 15 is 0 Å². The molecule has 0 bridgehead atoms. The van der Waals surface area contributed by atoms with Crippen LogP contribution in [0.15, 0.2) is 48.5 Å². The number of aromatic amines is 1. The van der Waals surface area contributed by atoms with E-state index in [1.54, 1.807) is 12.1 Å². The average Bonchev–Trinajstić information content (AvgIpc) is 3.21. The minimum atomic E-state index is -0.451. The summed E-state index contributed by atoms with van der Waals surface area (Å²) in [5, 5.41) is 0. The summed E-state index contributed by atoms with van der Waals surface area (Å²) in [6, 6.07) is 14.7. The zero-order valence-corrected chi connectivity index (χ0v) is 13.5. The van der Waals surface area contributed by atoms with E-state index in [0.29, 0.717) is 28.6 Å². The number of nitrogens with two attached hydrogens (primary N) is 1. The van der Waals surface area contributed by atoms with E-state index in [2.05, 4.69) is 4.98 Å². The molecule has 126 valence electrons. The fourth-order valence-electron chi connectivity index (χ4n) is 2.77. The molecule has 0 aliphatic carbocycles. The number of hydrogen-bond acceptors (Lipinski definition) is 4. The highest BCUT2D eigenvalue weighted by molar-refractivity contribution is 5.95. The summed E-state index contributed by atoms with van der Waals surface area (Å²) in [6.07, 6.45) is 0. The van der Waals surface area contributed by atoms with Crippen LogP contribution in [0.5, 0.6) is 23.0 Å². The lowest BCUT2D eigenvalue weighted by atomic mass is 10.1. The van der Waals surface area contributed by atoms with Crippen molar-refractivity contribution >= 4 is 5.91 Å². The van der Waals surface area contributed by atoms with Gasteiger partial charge in [0.1, 0.15) is 11.5 Å². The summed E-state index contributed by atoms with van der Waals surface area (Å²) in [4.78, 5) is 14.6. The van der Waals surface area contributed by atoms with Gasteiger partial charge in [-0.15, -0.1) is 0 Å². The third kappa shape index (κ3) is 2.89. The van der Waals surface area contributed by atoms with Gasteiger partial charge in [-0.1, -0.05) is 12.1 Å². The number of aromatic nitrogens is 1. The van der Waals surface area contributed by atoms with Crippen LogP contribution in [0.1, 0.15) is 16.1 Å². The van der Waals surface area contributed by atoms with Crippen molar-refractivity contribution in [1.82, 2.24) is 4.98 Å². The number of nitrogens with one attached hydrogen (secondary N) is 1. The molecule has 6 heteroatoms. The highest BCUT2D eigenvalue weighted by Gasteiger charge is 2.15. The van der Waals surface area contributed by atoms with E-state index < -0.39 is 5.91 Å². The number of primary amides is 1. The molecule has 1 aromatic heterocycles. The Balaban J connectivity index is 1.61. The molecule has 2 aromatic carbocycles. The van der Waals surface area contributed by atoms with Crippen LogP contribution in [0.2, 0.25) is 0 Å². The maximum Gasteiger partial charge on any atom is 0.250 e. The van der Waals surface area contributed by atoms with Crippen LogP contribution in [0.3, 0.4) is 0 Å². The van der Waals surface area contributed by atoms with Crippen molar-refractivity contribution in [2.45, 2.75) is 6.92 Å². The molecule has 0 fully saturated rings. The lowest BCUT2D eigenvalue weighted by Gasteiger charge is -2.08. The molecule has 6 nitrogen and oxygen atoms in total. The monoisotopic (exact) mass is 336 g/mol. The topological polar surface area (TPSA) is 86.6 Å². The average molecular weight is 336 g/mol. The van der Waals surface area contributed by atoms with Crippen molar-refractivity contribution in [2.75, 3.05) is 6.79 Å². The molecule has 0 spiro atoms. The molecule has 3 aromatic rings. The van der Waals surface area contributed by atoms with Crippen molar-refractivity contribution in [3.05, 3.63) is 59.8 Å². The predicted molar refractivity (Wildman–Crippen MR) is 92.1 cm³/mol. The number of ether oxygens (including phenoxy) is 3. The van der Waals surface area contributed by atoms with Crippen molar-refractivity contribution in [3.63, 3.8) is 0 Å². The number of aryl methyl sites for hydroxylation is 1. The lowest BCUT2D eigenvalue weighted by molar-refractivity contribution is 0.1000. The van der Waals surface area contributed by atoms with Gasteiger partial charge in [0, 0.05) is 23.0 Å². The molecule has 2 heterocycles. The zero-order chi connectivity index (χ0) is 17.4. The Labute approximate surface area is 144 Å². The first kappa shape index (κ1) is 15.1. The molecule has 1 aliphatic rings. The Morgan fingerprint density at radius 2 is 1.88 bits per heavy atom. The minimum Gasteiger partial charge on any atom is -0.457 e. The Morgan fingerprint density at radius 3 is 2.68 bits per heavy atom. The van der Waals surface area contributed by atoms with Gasteiger partial charge < -0.3 is 24.9 Å². The summed E-state index contributed by atoms with van der Waals surface area (Å²) < 4.78 is 16.6. The summed E-state index contributed by atoms with van der Waals surface area (Å²) >= 11 is 0. The number of carbonyl (C=O) groups excluding carboxylic acids is 1. The molecule has 0 saturated carbocycles. The van der Waals surface area contributed by atoms with E-state index in [0.717, 1.165) is 17.0 Å². The number of hydrogen-bond donors (Lipinski definition) is 2. The summed E-state index contributed by atoms with van der Waals surface area (Å²) in [6.45, 7) is 2.04. The molecule has 1 amide bonds. The molecule has 3 N–H and O–H groups in total. The molecule has 0 atom stereocenters. The Morgan fingerprint density at radius 1 is 1.08 bits per heavy atom. The number of H-pyrrole nitrogens is 1. The Hall–Kier alpha value is -3.41. The van der Waals surface area contributed by atoms with Crippen LogP contribution in [0.25, 0.3) is 11.3 Å². The Bertz CT molecular complexity index is 962. The lowest BCUT2D eigenvalue weighted by Crippen LogP contribution is -2.10. The van der Waals surface area contributed by atoms with Crippen LogP contribution < -0.4 is 19.9 Å². The van der Waals surface area contributed by atoms with Gasteiger partial charge in [-0.3, -0.25) is 4.79 Å². The smallest absolute Gasteiger partial charge is 0.250 e. The molecule has 0 unspecified atom stereocenters. The number of benzene rings is 2. The van der Waals surface area contributed by atoms with Crippen molar-refractivity contribution < 1.29 is 19.0 Å². The standard InChI is InChI=1S/C19H16N2O4/c1-11-15(19(20)22)9-16(21-11)12-3-2-4-13(7-12)25-14-5-6-17-18(8-14)24-10-23-17/h2-9,21H,10H2,1H3,(H2,20,22). The first-order valence-electron chi connectivity index (χ1n) is 7.77. The number of amides is 1.